The molecule has 1 aromatic carbocycles. The molecule has 0 aromatic heterocycles. The average molecular weight is 303 g/mol. The molecule has 1 amide bonds. The highest BCUT2D eigenvalue weighted by Crippen LogP contribution is 2.31. The number of nitrogens with one attached hydrogen (secondary N) is 1. The summed E-state index contributed by atoms with van der Waals surface area (Å²) in [5.74, 6) is -1.29. The smallest absolute Gasteiger partial charge is 0.306 e. The molecule has 1 fully saturated rings. The van der Waals surface area contributed by atoms with Gasteiger partial charge in [0.05, 0.1) is 5.92 Å². The van der Waals surface area contributed by atoms with Crippen LogP contribution in [0.15, 0.2) is 30.3 Å². The molecule has 0 unspecified atom stereocenters. The van der Waals surface area contributed by atoms with Crippen LogP contribution >= 0.6 is 0 Å². The van der Waals surface area contributed by atoms with Gasteiger partial charge in [-0.15, -0.1) is 0 Å². The van der Waals surface area contributed by atoms with E-state index in [1.807, 2.05) is 32.0 Å². The molecule has 0 saturated heterocycles. The second kappa shape index (κ2) is 6.95. The zero-order valence-electron chi connectivity index (χ0n) is 13.3. The third-order valence-electron chi connectivity index (χ3n) is 4.50. The van der Waals surface area contributed by atoms with Crippen LogP contribution in [0.4, 0.5) is 0 Å². The fourth-order valence-electron chi connectivity index (χ4n) is 3.04. The fraction of sp³-hybridized carbons (Fsp3) is 0.556. The van der Waals surface area contributed by atoms with Gasteiger partial charge in [0.25, 0.3) is 0 Å². The summed E-state index contributed by atoms with van der Waals surface area (Å²) in [6.45, 7) is 4.05. The van der Waals surface area contributed by atoms with E-state index < -0.39 is 5.97 Å². The van der Waals surface area contributed by atoms with Crippen molar-refractivity contribution in [3.8, 4) is 0 Å². The van der Waals surface area contributed by atoms with E-state index in [1.165, 1.54) is 5.56 Å². The van der Waals surface area contributed by atoms with E-state index >= 15 is 0 Å². The summed E-state index contributed by atoms with van der Waals surface area (Å²) in [6.07, 6.45) is 3.53. The number of carboxylic acids is 1. The number of aryl methyl sites for hydroxylation is 1. The molecule has 4 heteroatoms. The Bertz CT molecular complexity index is 524. The fourth-order valence-corrected chi connectivity index (χ4v) is 3.04. The van der Waals surface area contributed by atoms with Crippen LogP contribution < -0.4 is 5.32 Å². The number of rotatable bonds is 6. The number of carbonyl (C=O) groups is 2. The first-order valence-electron chi connectivity index (χ1n) is 7.96. The predicted octanol–water partition coefficient (Wildman–Crippen LogP) is 3.01. The van der Waals surface area contributed by atoms with Crippen molar-refractivity contribution in [1.82, 2.24) is 5.32 Å². The minimum atomic E-state index is -0.779. The van der Waals surface area contributed by atoms with Gasteiger partial charge in [-0.25, -0.2) is 0 Å². The maximum Gasteiger partial charge on any atom is 0.306 e. The minimum absolute atomic E-state index is 0.00168. The van der Waals surface area contributed by atoms with Gasteiger partial charge in [-0.05, 0) is 51.5 Å². The summed E-state index contributed by atoms with van der Waals surface area (Å²) in [5, 5.41) is 12.1. The molecule has 22 heavy (non-hydrogen) atoms. The normalized spacial score (nSPS) is 21.5. The van der Waals surface area contributed by atoms with Crippen molar-refractivity contribution < 1.29 is 14.7 Å². The van der Waals surface area contributed by atoms with E-state index in [9.17, 15) is 9.59 Å². The van der Waals surface area contributed by atoms with Crippen LogP contribution in [0.2, 0.25) is 0 Å². The maximum atomic E-state index is 12.3. The van der Waals surface area contributed by atoms with E-state index in [-0.39, 0.29) is 23.3 Å². The van der Waals surface area contributed by atoms with Crippen molar-refractivity contribution in [3.63, 3.8) is 0 Å². The highest BCUT2D eigenvalue weighted by molar-refractivity contribution is 5.81. The van der Waals surface area contributed by atoms with Gasteiger partial charge in [0.2, 0.25) is 5.91 Å². The summed E-state index contributed by atoms with van der Waals surface area (Å²) < 4.78 is 0. The topological polar surface area (TPSA) is 66.4 Å². The summed E-state index contributed by atoms with van der Waals surface area (Å²) in [5.41, 5.74) is 0.977. The zero-order chi connectivity index (χ0) is 16.2. The number of benzene rings is 1. The maximum absolute atomic E-state index is 12.3. The molecule has 120 valence electrons. The van der Waals surface area contributed by atoms with E-state index in [1.54, 1.807) is 0 Å². The molecule has 0 bridgehead atoms. The lowest BCUT2D eigenvalue weighted by Crippen LogP contribution is -2.46. The van der Waals surface area contributed by atoms with Crippen molar-refractivity contribution in [1.29, 1.82) is 0 Å². The second-order valence-corrected chi connectivity index (χ2v) is 6.90. The van der Waals surface area contributed by atoms with E-state index in [4.69, 9.17) is 5.11 Å². The largest absolute Gasteiger partial charge is 0.481 e. The number of carbonyl (C=O) groups excluding carboxylic acids is 1. The molecular weight excluding hydrogens is 278 g/mol. The molecule has 1 aromatic rings. The zero-order valence-corrected chi connectivity index (χ0v) is 13.3. The molecule has 0 aliphatic heterocycles. The first-order valence-corrected chi connectivity index (χ1v) is 7.96. The Hall–Kier alpha value is -1.84. The van der Waals surface area contributed by atoms with Crippen LogP contribution in [-0.2, 0) is 16.0 Å². The van der Waals surface area contributed by atoms with Crippen LogP contribution in [0, 0.1) is 11.8 Å². The lowest BCUT2D eigenvalue weighted by Gasteiger charge is -2.28. The minimum Gasteiger partial charge on any atom is -0.481 e. The van der Waals surface area contributed by atoms with Crippen LogP contribution in [0.5, 0.6) is 0 Å². The Labute approximate surface area is 131 Å². The molecule has 4 nitrogen and oxygen atoms in total. The highest BCUT2D eigenvalue weighted by Gasteiger charge is 2.35. The van der Waals surface area contributed by atoms with Crippen molar-refractivity contribution in [2.45, 2.75) is 51.5 Å². The first kappa shape index (κ1) is 16.5. The standard InChI is InChI=1S/C18H25NO3/c1-18(2,11-10-13-6-4-3-5-7-13)19-16(20)14-8-9-15(12-14)17(21)22/h3-7,14-15H,8-12H2,1-2H3,(H,19,20)(H,21,22)/t14-,15+/m1/s1. The third kappa shape index (κ3) is 4.58. The lowest BCUT2D eigenvalue weighted by atomic mass is 9.94. The molecular formula is C18H25NO3. The van der Waals surface area contributed by atoms with E-state index in [0.717, 1.165) is 12.8 Å². The average Bonchev–Trinajstić information content (AvgIpc) is 2.96. The molecule has 2 atom stereocenters. The Morgan fingerprint density at radius 1 is 1.18 bits per heavy atom. The van der Waals surface area contributed by atoms with E-state index in [2.05, 4.69) is 17.4 Å². The molecule has 2 rings (SSSR count). The molecule has 0 heterocycles. The number of hydrogen-bond acceptors (Lipinski definition) is 2. The first-order chi connectivity index (χ1) is 10.4. The molecule has 0 spiro atoms. The Morgan fingerprint density at radius 3 is 2.41 bits per heavy atom. The van der Waals surface area contributed by atoms with Crippen molar-refractivity contribution >= 4 is 11.9 Å². The van der Waals surface area contributed by atoms with Gasteiger partial charge >= 0.3 is 5.97 Å². The second-order valence-electron chi connectivity index (χ2n) is 6.90. The summed E-state index contributed by atoms with van der Waals surface area (Å²) in [7, 11) is 0. The summed E-state index contributed by atoms with van der Waals surface area (Å²) >= 11 is 0. The van der Waals surface area contributed by atoms with Gasteiger partial charge in [0.15, 0.2) is 0 Å². The predicted molar refractivity (Wildman–Crippen MR) is 85.5 cm³/mol. The van der Waals surface area contributed by atoms with Crippen molar-refractivity contribution in [2.75, 3.05) is 0 Å². The summed E-state index contributed by atoms with van der Waals surface area (Å²) in [4.78, 5) is 23.3. The lowest BCUT2D eigenvalue weighted by molar-refractivity contribution is -0.141. The SMILES string of the molecule is CC(C)(CCc1ccccc1)NC(=O)[C@@H]1CC[C@H](C(=O)O)C1. The van der Waals surface area contributed by atoms with Crippen LogP contribution in [0.25, 0.3) is 0 Å². The van der Waals surface area contributed by atoms with Crippen LogP contribution in [0.1, 0.15) is 45.1 Å². The Kier molecular flexibility index (Phi) is 5.22. The Morgan fingerprint density at radius 2 is 1.82 bits per heavy atom. The molecule has 1 aliphatic carbocycles. The van der Waals surface area contributed by atoms with Gasteiger partial charge in [-0.3, -0.25) is 9.59 Å². The van der Waals surface area contributed by atoms with Gasteiger partial charge in [0, 0.05) is 11.5 Å². The van der Waals surface area contributed by atoms with Gasteiger partial charge < -0.3 is 10.4 Å². The quantitative estimate of drug-likeness (QED) is 0.849. The van der Waals surface area contributed by atoms with Crippen LogP contribution in [-0.4, -0.2) is 22.5 Å². The van der Waals surface area contributed by atoms with Crippen molar-refractivity contribution in [2.24, 2.45) is 11.8 Å². The number of amides is 1. The van der Waals surface area contributed by atoms with Gasteiger partial charge in [0.1, 0.15) is 0 Å². The number of aliphatic carboxylic acids is 1. The number of carboxylic acid groups (broad SMARTS) is 1. The molecule has 1 saturated carbocycles. The molecule has 0 radical (unpaired) electrons. The monoisotopic (exact) mass is 303 g/mol. The van der Waals surface area contributed by atoms with Crippen molar-refractivity contribution in [3.05, 3.63) is 35.9 Å². The summed E-state index contributed by atoms with van der Waals surface area (Å²) in [6, 6.07) is 10.2. The molecule has 1 aliphatic rings. The Balaban J connectivity index is 1.83. The van der Waals surface area contributed by atoms with Crippen LogP contribution in [0.3, 0.4) is 0 Å². The van der Waals surface area contributed by atoms with Gasteiger partial charge in [-0.2, -0.15) is 0 Å². The third-order valence-corrected chi connectivity index (χ3v) is 4.50. The highest BCUT2D eigenvalue weighted by atomic mass is 16.4. The van der Waals surface area contributed by atoms with Gasteiger partial charge in [-0.1, -0.05) is 30.3 Å². The molecule has 2 N–H and O–H groups in total. The number of hydrogen-bond donors (Lipinski definition) is 2. The van der Waals surface area contributed by atoms with E-state index in [0.29, 0.717) is 19.3 Å².